The molecule has 1 aromatic carbocycles. The van der Waals surface area contributed by atoms with Crippen molar-refractivity contribution in [2.45, 2.75) is 37.3 Å². The van der Waals surface area contributed by atoms with Crippen molar-refractivity contribution in [3.63, 3.8) is 0 Å². The van der Waals surface area contributed by atoms with E-state index in [9.17, 15) is 5.26 Å². The summed E-state index contributed by atoms with van der Waals surface area (Å²) in [5.41, 5.74) is 0.392. The van der Waals surface area contributed by atoms with Gasteiger partial charge < -0.3 is 9.47 Å². The van der Waals surface area contributed by atoms with E-state index >= 15 is 0 Å². The maximum Gasteiger partial charge on any atom is 0.134 e. The predicted molar refractivity (Wildman–Crippen MR) is 81.8 cm³/mol. The predicted octanol–water partition coefficient (Wildman–Crippen LogP) is 2.60. The van der Waals surface area contributed by atoms with E-state index in [1.165, 1.54) is 0 Å². The van der Waals surface area contributed by atoms with Gasteiger partial charge in [-0.25, -0.2) is 0 Å². The second kappa shape index (κ2) is 8.14. The van der Waals surface area contributed by atoms with Crippen molar-refractivity contribution in [1.29, 1.82) is 5.26 Å². The topological polar surface area (TPSA) is 54.3 Å². The first-order chi connectivity index (χ1) is 10.3. The Morgan fingerprint density at radius 2 is 2.00 bits per heavy atom. The Hall–Kier alpha value is -1.41. The highest BCUT2D eigenvalue weighted by atomic mass is 16.5. The molecule has 0 aromatic heterocycles. The summed E-state index contributed by atoms with van der Waals surface area (Å²) in [6.45, 7) is 1.96. The summed E-state index contributed by atoms with van der Waals surface area (Å²) in [6.07, 6.45) is 3.87. The van der Waals surface area contributed by atoms with Gasteiger partial charge in [-0.05, 0) is 24.8 Å². The lowest BCUT2D eigenvalue weighted by Crippen LogP contribution is -2.43. The quantitative estimate of drug-likeness (QED) is 0.672. The first kappa shape index (κ1) is 16.0. The minimum absolute atomic E-state index is 0.471. The van der Waals surface area contributed by atoms with Crippen LogP contribution in [0.1, 0.15) is 31.2 Å². The summed E-state index contributed by atoms with van der Waals surface area (Å²) in [5.74, 6) is 0. The molecule has 1 aliphatic carbocycles. The van der Waals surface area contributed by atoms with E-state index in [1.807, 2.05) is 30.3 Å². The van der Waals surface area contributed by atoms with Gasteiger partial charge in [0.25, 0.3) is 0 Å². The van der Waals surface area contributed by atoms with Gasteiger partial charge in [-0.1, -0.05) is 30.3 Å². The number of benzene rings is 1. The van der Waals surface area contributed by atoms with Gasteiger partial charge in [0.05, 0.1) is 6.07 Å². The van der Waals surface area contributed by atoms with E-state index < -0.39 is 5.54 Å². The molecule has 1 N–H and O–H groups in total. The van der Waals surface area contributed by atoms with Crippen LogP contribution in [0, 0.1) is 11.3 Å². The van der Waals surface area contributed by atoms with Gasteiger partial charge in [0, 0.05) is 39.4 Å². The average molecular weight is 288 g/mol. The number of methoxy groups -OCH3 is 1. The Morgan fingerprint density at radius 3 is 2.62 bits per heavy atom. The van der Waals surface area contributed by atoms with Crippen molar-refractivity contribution < 1.29 is 9.47 Å². The van der Waals surface area contributed by atoms with Gasteiger partial charge in [0.1, 0.15) is 5.54 Å². The molecule has 0 bridgehead atoms. The van der Waals surface area contributed by atoms with Gasteiger partial charge in [-0.2, -0.15) is 5.26 Å². The fourth-order valence-electron chi connectivity index (χ4n) is 2.38. The molecule has 1 aliphatic rings. The number of nitriles is 1. The van der Waals surface area contributed by atoms with Crippen LogP contribution in [-0.4, -0.2) is 33.0 Å². The van der Waals surface area contributed by atoms with E-state index in [4.69, 9.17) is 9.47 Å². The Kier molecular flexibility index (Phi) is 6.19. The summed E-state index contributed by atoms with van der Waals surface area (Å²) in [6, 6.07) is 12.9. The Bertz CT molecular complexity index is 454. The molecule has 1 atom stereocenters. The Labute approximate surface area is 127 Å². The molecule has 1 saturated carbocycles. The monoisotopic (exact) mass is 288 g/mol. The molecule has 1 unspecified atom stereocenters. The van der Waals surface area contributed by atoms with Crippen LogP contribution in [0.15, 0.2) is 30.3 Å². The molecule has 0 spiro atoms. The highest BCUT2D eigenvalue weighted by molar-refractivity contribution is 5.32. The number of nitrogens with one attached hydrogen (secondary N) is 1. The molecule has 0 heterocycles. The minimum Gasteiger partial charge on any atom is -0.385 e. The molecule has 0 amide bonds. The fourth-order valence-corrected chi connectivity index (χ4v) is 2.38. The third-order valence-corrected chi connectivity index (χ3v) is 3.74. The largest absolute Gasteiger partial charge is 0.385 e. The van der Waals surface area contributed by atoms with Crippen LogP contribution in [0.3, 0.4) is 0 Å². The van der Waals surface area contributed by atoms with E-state index in [2.05, 4.69) is 11.4 Å². The van der Waals surface area contributed by atoms with E-state index in [0.29, 0.717) is 32.3 Å². The smallest absolute Gasteiger partial charge is 0.134 e. The van der Waals surface area contributed by atoms with Crippen LogP contribution in [0.4, 0.5) is 0 Å². The van der Waals surface area contributed by atoms with Crippen molar-refractivity contribution in [2.24, 2.45) is 0 Å². The lowest BCUT2D eigenvalue weighted by molar-refractivity contribution is 0.0907. The third kappa shape index (κ3) is 4.82. The molecule has 114 valence electrons. The van der Waals surface area contributed by atoms with Crippen LogP contribution in [0.5, 0.6) is 0 Å². The highest BCUT2D eigenvalue weighted by Gasteiger charge is 2.37. The molecule has 0 saturated heterocycles. The van der Waals surface area contributed by atoms with Gasteiger partial charge in [0.15, 0.2) is 0 Å². The molecule has 4 nitrogen and oxygen atoms in total. The Morgan fingerprint density at radius 1 is 1.24 bits per heavy atom. The van der Waals surface area contributed by atoms with Crippen molar-refractivity contribution in [3.8, 4) is 6.07 Å². The molecule has 4 heteroatoms. The normalized spacial score (nSPS) is 17.1. The van der Waals surface area contributed by atoms with Crippen LogP contribution < -0.4 is 5.32 Å². The van der Waals surface area contributed by atoms with Crippen molar-refractivity contribution in [3.05, 3.63) is 35.9 Å². The zero-order valence-electron chi connectivity index (χ0n) is 12.7. The van der Waals surface area contributed by atoms with E-state index in [0.717, 1.165) is 24.8 Å². The maximum absolute atomic E-state index is 9.76. The van der Waals surface area contributed by atoms with Crippen LogP contribution in [0.2, 0.25) is 0 Å². The minimum atomic E-state index is -0.635. The number of ether oxygens (including phenoxy) is 2. The van der Waals surface area contributed by atoms with Gasteiger partial charge in [-0.15, -0.1) is 0 Å². The number of nitrogens with zero attached hydrogens (tertiary/aromatic N) is 1. The summed E-state index contributed by atoms with van der Waals surface area (Å²) in [5, 5.41) is 13.3. The van der Waals surface area contributed by atoms with Crippen LogP contribution >= 0.6 is 0 Å². The molecule has 0 aliphatic heterocycles. The Balaban J connectivity index is 1.94. The second-order valence-electron chi connectivity index (χ2n) is 5.51. The van der Waals surface area contributed by atoms with Gasteiger partial charge >= 0.3 is 0 Å². The second-order valence-corrected chi connectivity index (χ2v) is 5.51. The fraction of sp³-hybridized carbons (Fsp3) is 0.588. The first-order valence-electron chi connectivity index (χ1n) is 7.62. The van der Waals surface area contributed by atoms with Gasteiger partial charge in [0.2, 0.25) is 0 Å². The standard InChI is InChI=1S/C17H24N2O2/c1-20-11-5-12-21-13-10-17(14-18,19-16-8-9-16)15-6-3-2-4-7-15/h2-4,6-7,16,19H,5,8-13H2,1H3. The molecular weight excluding hydrogens is 264 g/mol. The van der Waals surface area contributed by atoms with Crippen molar-refractivity contribution >= 4 is 0 Å². The maximum atomic E-state index is 9.76. The molecule has 2 rings (SSSR count). The molecule has 1 aromatic rings. The van der Waals surface area contributed by atoms with Crippen LogP contribution in [-0.2, 0) is 15.0 Å². The zero-order chi connectivity index (χ0) is 15.0. The zero-order valence-corrected chi connectivity index (χ0v) is 12.7. The number of rotatable bonds is 10. The molecular formula is C17H24N2O2. The van der Waals surface area contributed by atoms with E-state index in [-0.39, 0.29) is 0 Å². The summed E-state index contributed by atoms with van der Waals surface area (Å²) in [4.78, 5) is 0. The summed E-state index contributed by atoms with van der Waals surface area (Å²) >= 11 is 0. The average Bonchev–Trinajstić information content (AvgIpc) is 3.34. The van der Waals surface area contributed by atoms with Gasteiger partial charge in [-0.3, -0.25) is 5.32 Å². The van der Waals surface area contributed by atoms with Crippen molar-refractivity contribution in [2.75, 3.05) is 26.9 Å². The van der Waals surface area contributed by atoms with Crippen LogP contribution in [0.25, 0.3) is 0 Å². The number of hydrogen-bond acceptors (Lipinski definition) is 4. The van der Waals surface area contributed by atoms with Crippen molar-refractivity contribution in [1.82, 2.24) is 5.32 Å². The van der Waals surface area contributed by atoms with E-state index in [1.54, 1.807) is 7.11 Å². The molecule has 21 heavy (non-hydrogen) atoms. The molecule has 0 radical (unpaired) electrons. The first-order valence-corrected chi connectivity index (χ1v) is 7.62. The molecule has 1 fully saturated rings. The highest BCUT2D eigenvalue weighted by Crippen LogP contribution is 2.31. The lowest BCUT2D eigenvalue weighted by atomic mass is 9.88. The lowest BCUT2D eigenvalue weighted by Gasteiger charge is -2.28. The summed E-state index contributed by atoms with van der Waals surface area (Å²) < 4.78 is 10.6. The summed E-state index contributed by atoms with van der Waals surface area (Å²) in [7, 11) is 1.69. The SMILES string of the molecule is COCCCOCCC(C#N)(NC1CC1)c1ccccc1. The third-order valence-electron chi connectivity index (χ3n) is 3.74. The number of hydrogen-bond donors (Lipinski definition) is 1.